The number of ether oxygens (including phenoxy) is 1. The van der Waals surface area contributed by atoms with Crippen LogP contribution in [-0.4, -0.2) is 30.0 Å². The van der Waals surface area contributed by atoms with E-state index in [2.05, 4.69) is 5.32 Å². The molecule has 1 heterocycles. The Balaban J connectivity index is 1.49. The summed E-state index contributed by atoms with van der Waals surface area (Å²) >= 11 is 5.77. The highest BCUT2D eigenvalue weighted by molar-refractivity contribution is 6.30. The molecule has 1 aliphatic rings. The van der Waals surface area contributed by atoms with Crippen LogP contribution in [0, 0.1) is 0 Å². The first-order valence-corrected chi connectivity index (χ1v) is 9.15. The van der Waals surface area contributed by atoms with Crippen molar-refractivity contribution >= 4 is 40.7 Å². The Morgan fingerprint density at radius 1 is 1.00 bits per heavy atom. The van der Waals surface area contributed by atoms with Gasteiger partial charge in [-0.2, -0.15) is 0 Å². The second kappa shape index (κ2) is 8.35. The number of ketones is 2. The van der Waals surface area contributed by atoms with Gasteiger partial charge in [0.2, 0.25) is 5.91 Å². The highest BCUT2D eigenvalue weighted by atomic mass is 35.5. The molecular formula is C21H18ClNO5. The lowest BCUT2D eigenvalue weighted by molar-refractivity contribution is -0.142. The van der Waals surface area contributed by atoms with Crippen molar-refractivity contribution in [2.24, 2.45) is 0 Å². The predicted octanol–water partition coefficient (Wildman–Crippen LogP) is 3.78. The minimum absolute atomic E-state index is 0.0151. The van der Waals surface area contributed by atoms with Gasteiger partial charge >= 0.3 is 5.97 Å². The number of fused-ring (bicyclic) bond motifs is 1. The van der Waals surface area contributed by atoms with E-state index in [9.17, 15) is 19.2 Å². The van der Waals surface area contributed by atoms with E-state index in [1.54, 1.807) is 49.4 Å². The second-order valence-electron chi connectivity index (χ2n) is 6.53. The number of carbonyl (C=O) groups is 4. The van der Waals surface area contributed by atoms with Crippen molar-refractivity contribution in [1.82, 2.24) is 0 Å². The van der Waals surface area contributed by atoms with Gasteiger partial charge in [-0.1, -0.05) is 11.6 Å². The SMILES string of the molecule is C[C@H]1C(=O)Nc2ccc(C(=O)COC(=O)CCC(=O)c3ccc(Cl)cc3)cc21. The summed E-state index contributed by atoms with van der Waals surface area (Å²) in [6.45, 7) is 1.34. The minimum atomic E-state index is -0.623. The lowest BCUT2D eigenvalue weighted by Gasteiger charge is -2.07. The number of Topliss-reactive ketones (excluding diaryl/α,β-unsaturated/α-hetero) is 2. The monoisotopic (exact) mass is 399 g/mol. The molecule has 7 heteroatoms. The Labute approximate surface area is 166 Å². The number of benzene rings is 2. The Morgan fingerprint density at radius 2 is 1.68 bits per heavy atom. The molecule has 2 aromatic carbocycles. The van der Waals surface area contributed by atoms with Gasteiger partial charge in [-0.25, -0.2) is 0 Å². The first-order valence-electron chi connectivity index (χ1n) is 8.77. The molecule has 0 unspecified atom stereocenters. The minimum Gasteiger partial charge on any atom is -0.457 e. The highest BCUT2D eigenvalue weighted by Gasteiger charge is 2.27. The summed E-state index contributed by atoms with van der Waals surface area (Å²) in [5.74, 6) is -1.64. The second-order valence-corrected chi connectivity index (χ2v) is 6.96. The fourth-order valence-corrected chi connectivity index (χ4v) is 3.01. The van der Waals surface area contributed by atoms with Crippen LogP contribution in [-0.2, 0) is 14.3 Å². The summed E-state index contributed by atoms with van der Waals surface area (Å²) in [6.07, 6.45) is -0.132. The third-order valence-corrected chi connectivity index (χ3v) is 4.83. The number of esters is 1. The summed E-state index contributed by atoms with van der Waals surface area (Å²) in [7, 11) is 0. The molecule has 0 aliphatic carbocycles. The van der Waals surface area contributed by atoms with Gasteiger partial charge in [0.05, 0.1) is 12.3 Å². The zero-order valence-electron chi connectivity index (χ0n) is 15.2. The van der Waals surface area contributed by atoms with Crippen LogP contribution in [0.15, 0.2) is 42.5 Å². The van der Waals surface area contributed by atoms with Crippen LogP contribution in [0.3, 0.4) is 0 Å². The molecule has 0 spiro atoms. The number of hydrogen-bond acceptors (Lipinski definition) is 5. The lowest BCUT2D eigenvalue weighted by atomic mass is 9.99. The van der Waals surface area contributed by atoms with Crippen molar-refractivity contribution < 1.29 is 23.9 Å². The van der Waals surface area contributed by atoms with Gasteiger partial charge in [-0.15, -0.1) is 0 Å². The normalized spacial score (nSPS) is 14.9. The van der Waals surface area contributed by atoms with Crippen LogP contribution in [0.1, 0.15) is 52.0 Å². The van der Waals surface area contributed by atoms with Crippen molar-refractivity contribution in [3.8, 4) is 0 Å². The van der Waals surface area contributed by atoms with Crippen LogP contribution in [0.5, 0.6) is 0 Å². The van der Waals surface area contributed by atoms with Crippen LogP contribution in [0.4, 0.5) is 5.69 Å². The number of rotatable bonds is 7. The van der Waals surface area contributed by atoms with Crippen molar-refractivity contribution in [1.29, 1.82) is 0 Å². The number of amides is 1. The average molecular weight is 400 g/mol. The number of carbonyl (C=O) groups excluding carboxylic acids is 4. The summed E-state index contributed by atoms with van der Waals surface area (Å²) in [5.41, 5.74) is 2.26. The zero-order chi connectivity index (χ0) is 20.3. The average Bonchev–Trinajstić information content (AvgIpc) is 2.98. The van der Waals surface area contributed by atoms with Crippen molar-refractivity contribution in [2.75, 3.05) is 11.9 Å². The third kappa shape index (κ3) is 4.46. The van der Waals surface area contributed by atoms with Gasteiger partial charge < -0.3 is 10.1 Å². The first kappa shape index (κ1) is 19.8. The van der Waals surface area contributed by atoms with Crippen LogP contribution in [0.2, 0.25) is 5.02 Å². The molecule has 144 valence electrons. The van der Waals surface area contributed by atoms with Crippen molar-refractivity contribution in [3.05, 3.63) is 64.2 Å². The molecule has 0 aromatic heterocycles. The molecule has 0 bridgehead atoms. The van der Waals surface area contributed by atoms with Crippen LogP contribution in [0.25, 0.3) is 0 Å². The topological polar surface area (TPSA) is 89.5 Å². The third-order valence-electron chi connectivity index (χ3n) is 4.58. The Hall–Kier alpha value is -2.99. The number of hydrogen-bond donors (Lipinski definition) is 1. The van der Waals surface area contributed by atoms with E-state index in [1.165, 1.54) is 0 Å². The molecule has 28 heavy (non-hydrogen) atoms. The van der Waals surface area contributed by atoms with E-state index in [4.69, 9.17) is 16.3 Å². The van der Waals surface area contributed by atoms with Gasteiger partial charge in [-0.3, -0.25) is 19.2 Å². The van der Waals surface area contributed by atoms with Crippen LogP contribution < -0.4 is 5.32 Å². The van der Waals surface area contributed by atoms with Crippen molar-refractivity contribution in [3.63, 3.8) is 0 Å². The van der Waals surface area contributed by atoms with E-state index in [0.717, 1.165) is 5.56 Å². The maximum Gasteiger partial charge on any atom is 0.306 e. The molecule has 0 radical (unpaired) electrons. The number of halogens is 1. The Bertz CT molecular complexity index is 952. The van der Waals surface area contributed by atoms with Gasteiger partial charge in [-0.05, 0) is 55.0 Å². The standard InChI is InChI=1S/C21H18ClNO5/c1-12-16-10-14(4-7-17(16)23-21(12)27)19(25)11-28-20(26)9-8-18(24)13-2-5-15(22)6-3-13/h2-7,10,12H,8-9,11H2,1H3,(H,23,27)/t12-/m1/s1. The molecule has 1 atom stereocenters. The van der Waals surface area contributed by atoms with Gasteiger partial charge in [0.1, 0.15) is 0 Å². The quantitative estimate of drug-likeness (QED) is 0.565. The van der Waals surface area contributed by atoms with Gasteiger partial charge in [0.15, 0.2) is 18.2 Å². The summed E-state index contributed by atoms with van der Waals surface area (Å²) < 4.78 is 4.99. The fourth-order valence-electron chi connectivity index (χ4n) is 2.89. The molecule has 6 nitrogen and oxygen atoms in total. The molecule has 1 N–H and O–H groups in total. The van der Waals surface area contributed by atoms with Gasteiger partial charge in [0, 0.05) is 28.3 Å². The summed E-state index contributed by atoms with van der Waals surface area (Å²) in [6, 6.07) is 11.3. The number of nitrogens with one attached hydrogen (secondary N) is 1. The van der Waals surface area contributed by atoms with E-state index in [-0.39, 0.29) is 36.2 Å². The maximum absolute atomic E-state index is 12.3. The molecule has 1 aliphatic heterocycles. The molecule has 0 fully saturated rings. The lowest BCUT2D eigenvalue weighted by Crippen LogP contribution is -2.15. The molecule has 3 rings (SSSR count). The fraction of sp³-hybridized carbons (Fsp3) is 0.238. The zero-order valence-corrected chi connectivity index (χ0v) is 15.9. The van der Waals surface area contributed by atoms with E-state index in [0.29, 0.717) is 21.8 Å². The van der Waals surface area contributed by atoms with E-state index >= 15 is 0 Å². The highest BCUT2D eigenvalue weighted by Crippen LogP contribution is 2.32. The van der Waals surface area contributed by atoms with E-state index in [1.807, 2.05) is 0 Å². The Morgan fingerprint density at radius 3 is 2.39 bits per heavy atom. The summed E-state index contributed by atoms with van der Waals surface area (Å²) in [4.78, 5) is 47.8. The van der Waals surface area contributed by atoms with Crippen LogP contribution >= 0.6 is 11.6 Å². The van der Waals surface area contributed by atoms with Crippen molar-refractivity contribution in [2.45, 2.75) is 25.7 Å². The molecule has 1 amide bonds. The molecular weight excluding hydrogens is 382 g/mol. The van der Waals surface area contributed by atoms with Gasteiger partial charge in [0.25, 0.3) is 0 Å². The largest absolute Gasteiger partial charge is 0.457 e. The summed E-state index contributed by atoms with van der Waals surface area (Å²) in [5, 5.41) is 3.26. The molecule has 0 saturated heterocycles. The molecule has 2 aromatic rings. The Kier molecular flexibility index (Phi) is 5.90. The maximum atomic E-state index is 12.3. The number of anilines is 1. The molecule has 0 saturated carbocycles. The van der Waals surface area contributed by atoms with E-state index < -0.39 is 12.6 Å². The first-order chi connectivity index (χ1) is 13.3. The smallest absolute Gasteiger partial charge is 0.306 e. The predicted molar refractivity (Wildman–Crippen MR) is 104 cm³/mol.